The van der Waals surface area contributed by atoms with Gasteiger partial charge in [0.25, 0.3) is 0 Å². The van der Waals surface area contributed by atoms with Crippen LogP contribution in [0.5, 0.6) is 0 Å². The van der Waals surface area contributed by atoms with Crippen LogP contribution in [0.2, 0.25) is 0 Å². The number of anilines is 1. The highest BCUT2D eigenvalue weighted by Gasteiger charge is 2.53. The SMILES string of the molecule is Cc1ccc(N2N=C(C#N)C(C(O)C(F)(F)F)C2O)c(C(F)(F)F)c1. The number of nitriles is 1. The second-order valence-electron chi connectivity index (χ2n) is 5.39. The molecule has 0 amide bonds. The molecule has 5 nitrogen and oxygen atoms in total. The Hall–Kier alpha value is -2.32. The smallest absolute Gasteiger partial charge is 0.383 e. The van der Waals surface area contributed by atoms with Crippen LogP contribution in [-0.4, -0.2) is 34.4 Å². The fourth-order valence-corrected chi connectivity index (χ4v) is 2.42. The van der Waals surface area contributed by atoms with E-state index in [4.69, 9.17) is 5.26 Å². The van der Waals surface area contributed by atoms with Gasteiger partial charge < -0.3 is 10.2 Å². The molecule has 136 valence electrons. The highest BCUT2D eigenvalue weighted by molar-refractivity contribution is 6.03. The molecule has 2 N–H and O–H groups in total. The standard InChI is InChI=1S/C14H11F6N3O2/c1-6-2-3-9(7(4-6)13(15,16)17)23-12(25)10(8(5-21)22-23)11(24)14(18,19)20/h2-4,10-12,24-25H,1H3. The lowest BCUT2D eigenvalue weighted by Gasteiger charge is -2.28. The monoisotopic (exact) mass is 367 g/mol. The van der Waals surface area contributed by atoms with Crippen molar-refractivity contribution >= 4 is 11.4 Å². The van der Waals surface area contributed by atoms with Crippen LogP contribution in [0.4, 0.5) is 32.0 Å². The van der Waals surface area contributed by atoms with E-state index in [1.54, 1.807) is 0 Å². The number of halogens is 6. The Kier molecular flexibility index (Phi) is 4.71. The van der Waals surface area contributed by atoms with Gasteiger partial charge in [-0.2, -0.15) is 36.7 Å². The minimum Gasteiger partial charge on any atom is -0.383 e. The number of nitrogens with zero attached hydrogens (tertiary/aromatic N) is 3. The topological polar surface area (TPSA) is 79.9 Å². The third-order valence-electron chi connectivity index (χ3n) is 3.60. The van der Waals surface area contributed by atoms with Gasteiger partial charge >= 0.3 is 12.4 Å². The molecule has 1 aliphatic rings. The maximum Gasteiger partial charge on any atom is 0.418 e. The summed E-state index contributed by atoms with van der Waals surface area (Å²) >= 11 is 0. The highest BCUT2D eigenvalue weighted by atomic mass is 19.4. The first-order valence-electron chi connectivity index (χ1n) is 6.76. The molecule has 0 aliphatic carbocycles. The Balaban J connectivity index is 2.53. The van der Waals surface area contributed by atoms with Gasteiger partial charge in [-0.15, -0.1) is 0 Å². The summed E-state index contributed by atoms with van der Waals surface area (Å²) < 4.78 is 77.7. The number of hydrogen-bond acceptors (Lipinski definition) is 5. The van der Waals surface area contributed by atoms with Crippen molar-refractivity contribution in [2.45, 2.75) is 31.6 Å². The molecule has 0 saturated heterocycles. The third-order valence-corrected chi connectivity index (χ3v) is 3.60. The first-order valence-corrected chi connectivity index (χ1v) is 6.76. The van der Waals surface area contributed by atoms with E-state index in [1.807, 2.05) is 0 Å². The summed E-state index contributed by atoms with van der Waals surface area (Å²) in [5.41, 5.74) is -2.67. The molecule has 0 saturated carbocycles. The average molecular weight is 367 g/mol. The van der Waals surface area contributed by atoms with Crippen molar-refractivity contribution in [3.05, 3.63) is 29.3 Å². The second-order valence-corrected chi connectivity index (χ2v) is 5.39. The van der Waals surface area contributed by atoms with Crippen molar-refractivity contribution in [1.29, 1.82) is 5.26 Å². The minimum absolute atomic E-state index is 0.223. The summed E-state index contributed by atoms with van der Waals surface area (Å²) in [5.74, 6) is -2.23. The second kappa shape index (κ2) is 6.20. The number of aliphatic hydroxyl groups excluding tert-OH is 2. The van der Waals surface area contributed by atoms with Gasteiger partial charge in [0, 0.05) is 0 Å². The van der Waals surface area contributed by atoms with Crippen LogP contribution in [0.1, 0.15) is 11.1 Å². The largest absolute Gasteiger partial charge is 0.418 e. The molecule has 0 fully saturated rings. The van der Waals surface area contributed by atoms with Gasteiger partial charge in [0.1, 0.15) is 11.8 Å². The summed E-state index contributed by atoms with van der Waals surface area (Å²) in [6.07, 6.45) is -15.5. The Labute approximate surface area is 137 Å². The number of hydrogen-bond donors (Lipinski definition) is 2. The molecule has 1 aliphatic heterocycles. The number of alkyl halides is 6. The van der Waals surface area contributed by atoms with Crippen molar-refractivity contribution in [3.63, 3.8) is 0 Å². The number of aliphatic hydroxyl groups is 2. The maximum atomic E-state index is 13.2. The van der Waals surface area contributed by atoms with E-state index >= 15 is 0 Å². The van der Waals surface area contributed by atoms with Crippen molar-refractivity contribution in [3.8, 4) is 6.07 Å². The van der Waals surface area contributed by atoms with Crippen LogP contribution in [-0.2, 0) is 6.18 Å². The van der Waals surface area contributed by atoms with E-state index in [0.29, 0.717) is 0 Å². The number of benzene rings is 1. The molecule has 11 heteroatoms. The van der Waals surface area contributed by atoms with Gasteiger partial charge in [-0.05, 0) is 19.1 Å². The molecule has 0 bridgehead atoms. The zero-order valence-corrected chi connectivity index (χ0v) is 12.5. The first-order chi connectivity index (χ1) is 11.4. The Morgan fingerprint density at radius 2 is 1.84 bits per heavy atom. The Bertz CT molecular complexity index is 738. The van der Waals surface area contributed by atoms with Gasteiger partial charge in [0.2, 0.25) is 0 Å². The van der Waals surface area contributed by atoms with Gasteiger partial charge in [0.15, 0.2) is 12.3 Å². The molecule has 0 radical (unpaired) electrons. The van der Waals surface area contributed by atoms with Gasteiger partial charge in [-0.1, -0.05) is 11.6 Å². The summed E-state index contributed by atoms with van der Waals surface area (Å²) in [5, 5.41) is 31.9. The molecule has 2 rings (SSSR count). The van der Waals surface area contributed by atoms with Crippen LogP contribution >= 0.6 is 0 Å². The van der Waals surface area contributed by atoms with Gasteiger partial charge in [-0.25, -0.2) is 5.01 Å². The predicted octanol–water partition coefficient (Wildman–Crippen LogP) is 2.57. The van der Waals surface area contributed by atoms with Gasteiger partial charge in [0.05, 0.1) is 17.2 Å². The number of hydrazone groups is 1. The minimum atomic E-state index is -5.20. The molecule has 0 spiro atoms. The van der Waals surface area contributed by atoms with E-state index in [-0.39, 0.29) is 10.6 Å². The fraction of sp³-hybridized carbons (Fsp3) is 0.429. The van der Waals surface area contributed by atoms with Gasteiger partial charge in [-0.3, -0.25) is 0 Å². The average Bonchev–Trinajstić information content (AvgIpc) is 2.81. The molecule has 25 heavy (non-hydrogen) atoms. The lowest BCUT2D eigenvalue weighted by molar-refractivity contribution is -0.218. The Morgan fingerprint density at radius 3 is 2.32 bits per heavy atom. The molecule has 1 heterocycles. The predicted molar refractivity (Wildman–Crippen MR) is 73.3 cm³/mol. The Morgan fingerprint density at radius 1 is 1.24 bits per heavy atom. The molecule has 1 aromatic rings. The van der Waals surface area contributed by atoms with Crippen LogP contribution in [0.25, 0.3) is 0 Å². The zero-order valence-electron chi connectivity index (χ0n) is 12.5. The van der Waals surface area contributed by atoms with E-state index < -0.39 is 47.6 Å². The van der Waals surface area contributed by atoms with E-state index in [9.17, 15) is 36.6 Å². The summed E-state index contributed by atoms with van der Waals surface area (Å²) in [4.78, 5) is 0. The molecule has 1 aromatic carbocycles. The van der Waals surface area contributed by atoms with Crippen LogP contribution in [0.15, 0.2) is 23.3 Å². The normalized spacial score (nSPS) is 22.6. The van der Waals surface area contributed by atoms with E-state index in [1.165, 1.54) is 19.1 Å². The van der Waals surface area contributed by atoms with Crippen molar-refractivity contribution in [2.24, 2.45) is 11.0 Å². The molecule has 3 atom stereocenters. The zero-order chi connectivity index (χ0) is 19.2. The van der Waals surface area contributed by atoms with Crippen LogP contribution in [0, 0.1) is 24.2 Å². The van der Waals surface area contributed by atoms with Crippen molar-refractivity contribution in [1.82, 2.24) is 0 Å². The van der Waals surface area contributed by atoms with E-state index in [0.717, 1.165) is 12.1 Å². The lowest BCUT2D eigenvalue weighted by Crippen LogP contribution is -2.46. The van der Waals surface area contributed by atoms with Crippen molar-refractivity contribution < 1.29 is 36.6 Å². The lowest BCUT2D eigenvalue weighted by atomic mass is 9.95. The molecule has 0 aromatic heterocycles. The molecular weight excluding hydrogens is 356 g/mol. The highest BCUT2D eigenvalue weighted by Crippen LogP contribution is 2.41. The molecular formula is C14H11F6N3O2. The number of aryl methyl sites for hydroxylation is 1. The molecule has 3 unspecified atom stereocenters. The van der Waals surface area contributed by atoms with Crippen LogP contribution < -0.4 is 5.01 Å². The van der Waals surface area contributed by atoms with Crippen LogP contribution in [0.3, 0.4) is 0 Å². The van der Waals surface area contributed by atoms with E-state index in [2.05, 4.69) is 5.10 Å². The third kappa shape index (κ3) is 3.54. The fourth-order valence-electron chi connectivity index (χ4n) is 2.42. The number of rotatable bonds is 2. The first kappa shape index (κ1) is 19.0. The van der Waals surface area contributed by atoms with Crippen molar-refractivity contribution in [2.75, 3.05) is 5.01 Å². The summed E-state index contributed by atoms with van der Waals surface area (Å²) in [6, 6.07) is 4.17. The maximum absolute atomic E-state index is 13.2. The summed E-state index contributed by atoms with van der Waals surface area (Å²) in [6.45, 7) is 1.37. The summed E-state index contributed by atoms with van der Waals surface area (Å²) in [7, 11) is 0. The quantitative estimate of drug-likeness (QED) is 0.788.